The average molecular weight is 223 g/mol. The van der Waals surface area contributed by atoms with Gasteiger partial charge in [0.25, 0.3) is 0 Å². The summed E-state index contributed by atoms with van der Waals surface area (Å²) in [6.07, 6.45) is 3.09. The second-order valence-corrected chi connectivity index (χ2v) is 2.88. The van der Waals surface area contributed by atoms with Gasteiger partial charge in [-0.25, -0.2) is 9.72 Å². The number of rotatable bonds is 1. The van der Waals surface area contributed by atoms with Gasteiger partial charge in [0.2, 0.25) is 0 Å². The summed E-state index contributed by atoms with van der Waals surface area (Å²) in [4.78, 5) is 4.36. The van der Waals surface area contributed by atoms with Gasteiger partial charge in [-0.1, -0.05) is 18.2 Å². The van der Waals surface area contributed by atoms with Gasteiger partial charge in [0, 0.05) is 12.4 Å². The summed E-state index contributed by atoms with van der Waals surface area (Å²) in [7, 11) is 0. The SMILES string of the molecule is Cl.On1ccc(=Nc2ccccc2)cc1. The Morgan fingerprint density at radius 2 is 1.53 bits per heavy atom. The van der Waals surface area contributed by atoms with Crippen LogP contribution in [-0.4, -0.2) is 9.94 Å². The standard InChI is InChI=1S/C11H10N2O.ClH/c14-13-8-6-11(7-9-13)12-10-4-2-1-3-5-10;/h1-9,14H;1H. The van der Waals surface area contributed by atoms with E-state index in [4.69, 9.17) is 5.21 Å². The van der Waals surface area contributed by atoms with Crippen molar-refractivity contribution in [1.29, 1.82) is 0 Å². The largest absolute Gasteiger partial charge is 0.429 e. The fourth-order valence-electron chi connectivity index (χ4n) is 1.14. The van der Waals surface area contributed by atoms with E-state index in [9.17, 15) is 0 Å². The lowest BCUT2D eigenvalue weighted by Crippen LogP contribution is -2.02. The second-order valence-electron chi connectivity index (χ2n) is 2.88. The fourth-order valence-corrected chi connectivity index (χ4v) is 1.14. The predicted molar refractivity (Wildman–Crippen MR) is 60.5 cm³/mol. The third-order valence-electron chi connectivity index (χ3n) is 1.81. The first-order chi connectivity index (χ1) is 6.84. The summed E-state index contributed by atoms with van der Waals surface area (Å²) >= 11 is 0. The molecule has 0 aliphatic carbocycles. The van der Waals surface area contributed by atoms with Crippen LogP contribution in [0.4, 0.5) is 5.69 Å². The van der Waals surface area contributed by atoms with Crippen molar-refractivity contribution in [1.82, 2.24) is 4.73 Å². The van der Waals surface area contributed by atoms with Crippen LogP contribution in [0.2, 0.25) is 0 Å². The number of para-hydroxylation sites is 1. The molecule has 1 heterocycles. The van der Waals surface area contributed by atoms with E-state index in [1.54, 1.807) is 24.5 Å². The molecule has 0 spiro atoms. The van der Waals surface area contributed by atoms with Gasteiger partial charge in [-0.15, -0.1) is 12.4 Å². The van der Waals surface area contributed by atoms with Gasteiger partial charge in [-0.3, -0.25) is 0 Å². The quantitative estimate of drug-likeness (QED) is 0.740. The van der Waals surface area contributed by atoms with Gasteiger partial charge in [0.05, 0.1) is 11.0 Å². The molecule has 0 aliphatic heterocycles. The third kappa shape index (κ3) is 3.14. The van der Waals surface area contributed by atoms with Crippen molar-refractivity contribution in [2.45, 2.75) is 0 Å². The van der Waals surface area contributed by atoms with Crippen molar-refractivity contribution in [3.8, 4) is 0 Å². The van der Waals surface area contributed by atoms with Crippen molar-refractivity contribution in [3.05, 3.63) is 60.2 Å². The Hall–Kier alpha value is -1.74. The molecule has 0 unspecified atom stereocenters. The van der Waals surface area contributed by atoms with Crippen LogP contribution in [0.3, 0.4) is 0 Å². The average Bonchev–Trinajstić information content (AvgIpc) is 2.23. The van der Waals surface area contributed by atoms with Gasteiger partial charge in [0.1, 0.15) is 0 Å². The van der Waals surface area contributed by atoms with Gasteiger partial charge < -0.3 is 5.21 Å². The minimum atomic E-state index is 0. The molecule has 1 aromatic carbocycles. The van der Waals surface area contributed by atoms with Crippen LogP contribution in [0.1, 0.15) is 0 Å². The third-order valence-corrected chi connectivity index (χ3v) is 1.81. The number of hydrogen-bond acceptors (Lipinski definition) is 2. The Balaban J connectivity index is 0.00000112. The van der Waals surface area contributed by atoms with Crippen molar-refractivity contribution in [2.24, 2.45) is 4.99 Å². The Labute approximate surface area is 93.7 Å². The maximum atomic E-state index is 9.00. The second kappa shape index (κ2) is 5.22. The van der Waals surface area contributed by atoms with E-state index >= 15 is 0 Å². The van der Waals surface area contributed by atoms with Crippen LogP contribution in [0.5, 0.6) is 0 Å². The Bertz CT molecular complexity index is 459. The van der Waals surface area contributed by atoms with Gasteiger partial charge >= 0.3 is 0 Å². The molecule has 0 radical (unpaired) electrons. The highest BCUT2D eigenvalue weighted by Gasteiger charge is 1.85. The summed E-state index contributed by atoms with van der Waals surface area (Å²) in [5, 5.41) is 9.82. The van der Waals surface area contributed by atoms with Crippen molar-refractivity contribution in [3.63, 3.8) is 0 Å². The molecule has 2 aromatic rings. The van der Waals surface area contributed by atoms with E-state index in [0.29, 0.717) is 0 Å². The number of hydrogen-bond donors (Lipinski definition) is 1. The number of aromatic nitrogens is 1. The molecule has 0 fully saturated rings. The van der Waals surface area contributed by atoms with Crippen LogP contribution in [0.25, 0.3) is 0 Å². The van der Waals surface area contributed by atoms with E-state index in [1.807, 2.05) is 30.3 Å². The van der Waals surface area contributed by atoms with E-state index in [-0.39, 0.29) is 12.4 Å². The molecule has 0 atom stereocenters. The van der Waals surface area contributed by atoms with Gasteiger partial charge in [0.15, 0.2) is 0 Å². The predicted octanol–water partition coefficient (Wildman–Crippen LogP) is 2.38. The zero-order valence-electron chi connectivity index (χ0n) is 7.95. The van der Waals surface area contributed by atoms with Gasteiger partial charge in [-0.05, 0) is 24.3 Å². The minimum Gasteiger partial charge on any atom is -0.429 e. The zero-order valence-corrected chi connectivity index (χ0v) is 8.76. The first kappa shape index (κ1) is 11.3. The Kier molecular flexibility index (Phi) is 3.94. The molecule has 0 saturated heterocycles. The van der Waals surface area contributed by atoms with E-state index in [2.05, 4.69) is 4.99 Å². The van der Waals surface area contributed by atoms with Crippen molar-refractivity contribution in [2.75, 3.05) is 0 Å². The molecule has 0 saturated carbocycles. The van der Waals surface area contributed by atoms with E-state index < -0.39 is 0 Å². The van der Waals surface area contributed by atoms with Crippen LogP contribution >= 0.6 is 12.4 Å². The maximum absolute atomic E-state index is 9.00. The highest BCUT2D eigenvalue weighted by molar-refractivity contribution is 5.85. The lowest BCUT2D eigenvalue weighted by Gasteiger charge is -1.94. The highest BCUT2D eigenvalue weighted by atomic mass is 35.5. The Morgan fingerprint density at radius 3 is 2.13 bits per heavy atom. The molecule has 1 aromatic heterocycles. The number of benzene rings is 1. The fraction of sp³-hybridized carbons (Fsp3) is 0. The van der Waals surface area contributed by atoms with Crippen LogP contribution < -0.4 is 5.36 Å². The summed E-state index contributed by atoms with van der Waals surface area (Å²) < 4.78 is 0.990. The van der Waals surface area contributed by atoms with E-state index in [0.717, 1.165) is 15.8 Å². The van der Waals surface area contributed by atoms with Crippen molar-refractivity contribution < 1.29 is 5.21 Å². The Morgan fingerprint density at radius 1 is 0.933 bits per heavy atom. The normalized spacial score (nSPS) is 9.07. The summed E-state index contributed by atoms with van der Waals surface area (Å²) in [6.45, 7) is 0. The van der Waals surface area contributed by atoms with Crippen LogP contribution in [0, 0.1) is 0 Å². The molecule has 1 N–H and O–H groups in total. The number of pyridine rings is 1. The van der Waals surface area contributed by atoms with Crippen LogP contribution in [-0.2, 0) is 0 Å². The smallest absolute Gasteiger partial charge is 0.0668 e. The zero-order chi connectivity index (χ0) is 9.80. The lowest BCUT2D eigenvalue weighted by atomic mass is 10.3. The first-order valence-corrected chi connectivity index (χ1v) is 4.32. The molecule has 0 aliphatic rings. The van der Waals surface area contributed by atoms with Crippen LogP contribution in [0.15, 0.2) is 59.9 Å². The molecule has 4 heteroatoms. The minimum absolute atomic E-state index is 0. The maximum Gasteiger partial charge on any atom is 0.0668 e. The molecular weight excluding hydrogens is 212 g/mol. The summed E-state index contributed by atoms with van der Waals surface area (Å²) in [5.74, 6) is 0. The summed E-state index contributed by atoms with van der Waals surface area (Å²) in [6, 6.07) is 13.2. The molecular formula is C11H11ClN2O. The number of nitrogens with zero attached hydrogens (tertiary/aromatic N) is 2. The molecule has 3 nitrogen and oxygen atoms in total. The monoisotopic (exact) mass is 222 g/mol. The molecule has 0 bridgehead atoms. The topological polar surface area (TPSA) is 37.5 Å². The first-order valence-electron chi connectivity index (χ1n) is 4.32. The van der Waals surface area contributed by atoms with Crippen molar-refractivity contribution >= 4 is 18.1 Å². The summed E-state index contributed by atoms with van der Waals surface area (Å²) in [5.41, 5.74) is 0.906. The molecule has 78 valence electrons. The molecule has 0 amide bonds. The van der Waals surface area contributed by atoms with E-state index in [1.165, 1.54) is 0 Å². The number of halogens is 1. The highest BCUT2D eigenvalue weighted by Crippen LogP contribution is 2.07. The van der Waals surface area contributed by atoms with Gasteiger partial charge in [-0.2, -0.15) is 0 Å². The molecule has 15 heavy (non-hydrogen) atoms. The molecule has 2 rings (SSSR count). The lowest BCUT2D eigenvalue weighted by molar-refractivity contribution is 0.184.